The van der Waals surface area contributed by atoms with E-state index in [-0.39, 0.29) is 24.0 Å². The second kappa shape index (κ2) is 7.90. The summed E-state index contributed by atoms with van der Waals surface area (Å²) in [5.74, 6) is 2.71. The number of nitrogens with zero attached hydrogens (tertiary/aromatic N) is 2. The zero-order valence-corrected chi connectivity index (χ0v) is 16.7. The van der Waals surface area contributed by atoms with Gasteiger partial charge in [-0.1, -0.05) is 0 Å². The zero-order valence-electron chi connectivity index (χ0n) is 13.5. The van der Waals surface area contributed by atoms with Gasteiger partial charge in [0.05, 0.1) is 5.60 Å². The molecule has 0 radical (unpaired) electrons. The Labute approximate surface area is 155 Å². The van der Waals surface area contributed by atoms with Crippen LogP contribution in [0.15, 0.2) is 4.99 Å². The summed E-state index contributed by atoms with van der Waals surface area (Å²) >= 11 is 1.83. The smallest absolute Gasteiger partial charge is 0.191 e. The lowest BCUT2D eigenvalue weighted by atomic mass is 10.0. The normalized spacial score (nSPS) is 36.2. The fourth-order valence-electron chi connectivity index (χ4n) is 3.45. The maximum Gasteiger partial charge on any atom is 0.191 e. The van der Waals surface area contributed by atoms with Gasteiger partial charge in [-0.15, -0.1) is 24.0 Å². The van der Waals surface area contributed by atoms with Crippen LogP contribution in [0.5, 0.6) is 0 Å². The third-order valence-corrected chi connectivity index (χ3v) is 6.10. The van der Waals surface area contributed by atoms with Crippen molar-refractivity contribution in [2.75, 3.05) is 31.6 Å². The van der Waals surface area contributed by atoms with E-state index in [1.807, 2.05) is 11.8 Å². The molecule has 3 fully saturated rings. The van der Waals surface area contributed by atoms with E-state index in [0.717, 1.165) is 36.5 Å². The first-order valence-electron chi connectivity index (χ1n) is 8.13. The number of aliphatic hydroxyl groups is 1. The highest BCUT2D eigenvalue weighted by Gasteiger charge is 2.39. The fourth-order valence-corrected chi connectivity index (χ4v) is 4.74. The van der Waals surface area contributed by atoms with Crippen molar-refractivity contribution in [1.29, 1.82) is 0 Å². The van der Waals surface area contributed by atoms with Crippen LogP contribution >= 0.6 is 35.7 Å². The van der Waals surface area contributed by atoms with Gasteiger partial charge in [0.15, 0.2) is 5.96 Å². The maximum atomic E-state index is 10.4. The molecule has 2 heterocycles. The molecule has 3 N–H and O–H groups in total. The second-order valence-electron chi connectivity index (χ2n) is 6.81. The van der Waals surface area contributed by atoms with E-state index in [4.69, 9.17) is 0 Å². The molecule has 7 heteroatoms. The number of guanidine groups is 1. The molecule has 0 aromatic rings. The molecule has 3 unspecified atom stereocenters. The molecule has 3 atom stereocenters. The van der Waals surface area contributed by atoms with Crippen LogP contribution in [0.2, 0.25) is 0 Å². The van der Waals surface area contributed by atoms with Crippen molar-refractivity contribution in [2.24, 2.45) is 4.99 Å². The highest BCUT2D eigenvalue weighted by Crippen LogP contribution is 2.33. The Hall–Kier alpha value is 0.270. The largest absolute Gasteiger partial charge is 0.387 e. The molecule has 0 aromatic carbocycles. The number of thioether (sulfide) groups is 1. The Balaban J connectivity index is 0.00000176. The molecule has 3 rings (SSSR count). The van der Waals surface area contributed by atoms with Gasteiger partial charge in [0.25, 0.3) is 0 Å². The molecule has 3 aliphatic rings. The number of rotatable bonds is 4. The Morgan fingerprint density at radius 3 is 2.82 bits per heavy atom. The highest BCUT2D eigenvalue weighted by atomic mass is 127. The van der Waals surface area contributed by atoms with Crippen molar-refractivity contribution in [2.45, 2.75) is 56.3 Å². The Bertz CT molecular complexity index is 399. The minimum atomic E-state index is -0.564. The van der Waals surface area contributed by atoms with Gasteiger partial charge in [-0.2, -0.15) is 11.8 Å². The molecular weight excluding hydrogens is 411 g/mol. The fraction of sp³-hybridized carbons (Fsp3) is 0.933. The summed E-state index contributed by atoms with van der Waals surface area (Å²) in [5.41, 5.74) is -0.564. The standard InChI is InChI=1S/C15H28N4OS.HI/c1-11-7-12(8-19(11)13-3-4-13)18-14(16-2)17-9-15(20)5-6-21-10-15;/h11-13,20H,3-10H2,1-2H3,(H2,16,17,18);1H. The van der Waals surface area contributed by atoms with Gasteiger partial charge >= 0.3 is 0 Å². The van der Waals surface area contributed by atoms with Gasteiger partial charge in [-0.3, -0.25) is 9.89 Å². The molecule has 5 nitrogen and oxygen atoms in total. The maximum absolute atomic E-state index is 10.4. The molecule has 1 aliphatic carbocycles. The van der Waals surface area contributed by atoms with Crippen LogP contribution < -0.4 is 10.6 Å². The van der Waals surface area contributed by atoms with Gasteiger partial charge in [0, 0.05) is 44.0 Å². The van der Waals surface area contributed by atoms with Gasteiger partial charge in [0.1, 0.15) is 0 Å². The molecule has 0 spiro atoms. The number of nitrogens with one attached hydrogen (secondary N) is 2. The third kappa shape index (κ3) is 4.64. The van der Waals surface area contributed by atoms with Crippen molar-refractivity contribution in [3.63, 3.8) is 0 Å². The molecule has 0 bridgehead atoms. The summed E-state index contributed by atoms with van der Waals surface area (Å²) in [6.07, 6.45) is 4.79. The van der Waals surface area contributed by atoms with Crippen LogP contribution in [0.4, 0.5) is 0 Å². The quantitative estimate of drug-likeness (QED) is 0.349. The average Bonchev–Trinajstić information content (AvgIpc) is 3.12. The van der Waals surface area contributed by atoms with Crippen LogP contribution in [-0.2, 0) is 0 Å². The molecule has 0 aromatic heterocycles. The van der Waals surface area contributed by atoms with E-state index in [0.29, 0.717) is 18.6 Å². The summed E-state index contributed by atoms with van der Waals surface area (Å²) in [6, 6.07) is 1.97. The minimum absolute atomic E-state index is 0. The summed E-state index contributed by atoms with van der Waals surface area (Å²) in [7, 11) is 1.81. The van der Waals surface area contributed by atoms with E-state index >= 15 is 0 Å². The van der Waals surface area contributed by atoms with E-state index in [2.05, 4.69) is 27.4 Å². The van der Waals surface area contributed by atoms with E-state index in [1.54, 1.807) is 7.05 Å². The summed E-state index contributed by atoms with van der Waals surface area (Å²) in [4.78, 5) is 6.94. The molecular formula is C15H29IN4OS. The van der Waals surface area contributed by atoms with Crippen LogP contribution in [0.25, 0.3) is 0 Å². The van der Waals surface area contributed by atoms with Crippen LogP contribution in [0, 0.1) is 0 Å². The average molecular weight is 440 g/mol. The molecule has 2 aliphatic heterocycles. The van der Waals surface area contributed by atoms with Gasteiger partial charge in [-0.25, -0.2) is 0 Å². The zero-order chi connectivity index (χ0) is 14.9. The Morgan fingerprint density at radius 1 is 1.45 bits per heavy atom. The molecule has 1 saturated carbocycles. The van der Waals surface area contributed by atoms with Crippen molar-refractivity contribution >= 4 is 41.7 Å². The highest BCUT2D eigenvalue weighted by molar-refractivity contribution is 14.0. The van der Waals surface area contributed by atoms with Crippen LogP contribution in [0.3, 0.4) is 0 Å². The predicted octanol–water partition coefficient (Wildman–Crippen LogP) is 1.26. The molecule has 0 amide bonds. The number of likely N-dealkylation sites (tertiary alicyclic amines) is 1. The van der Waals surface area contributed by atoms with Crippen molar-refractivity contribution in [3.05, 3.63) is 0 Å². The summed E-state index contributed by atoms with van der Waals surface area (Å²) in [6.45, 7) is 4.04. The number of hydrogen-bond donors (Lipinski definition) is 3. The predicted molar refractivity (Wildman–Crippen MR) is 104 cm³/mol. The summed E-state index contributed by atoms with van der Waals surface area (Å²) in [5, 5.41) is 17.2. The number of aliphatic imine (C=N–C) groups is 1. The van der Waals surface area contributed by atoms with Crippen LogP contribution in [0.1, 0.15) is 32.6 Å². The SMILES string of the molecule is CN=C(NCC1(O)CCSC1)NC1CC(C)N(C2CC2)C1.I. The minimum Gasteiger partial charge on any atom is -0.387 e. The van der Waals surface area contributed by atoms with Crippen molar-refractivity contribution < 1.29 is 5.11 Å². The summed E-state index contributed by atoms with van der Waals surface area (Å²) < 4.78 is 0. The van der Waals surface area contributed by atoms with E-state index < -0.39 is 5.60 Å². The molecule has 2 saturated heterocycles. The first kappa shape index (κ1) is 18.6. The van der Waals surface area contributed by atoms with Crippen molar-refractivity contribution in [1.82, 2.24) is 15.5 Å². The van der Waals surface area contributed by atoms with Crippen LogP contribution in [-0.4, -0.2) is 71.3 Å². The molecule has 22 heavy (non-hydrogen) atoms. The van der Waals surface area contributed by atoms with Gasteiger partial charge in [0.2, 0.25) is 0 Å². The lowest BCUT2D eigenvalue weighted by Gasteiger charge is -2.24. The lowest BCUT2D eigenvalue weighted by Crippen LogP contribution is -2.50. The topological polar surface area (TPSA) is 59.9 Å². The number of hydrogen-bond acceptors (Lipinski definition) is 4. The third-order valence-electron chi connectivity index (χ3n) is 4.87. The molecule has 128 valence electrons. The Morgan fingerprint density at radius 2 is 2.23 bits per heavy atom. The van der Waals surface area contributed by atoms with Crippen molar-refractivity contribution in [3.8, 4) is 0 Å². The first-order chi connectivity index (χ1) is 10.1. The van der Waals surface area contributed by atoms with E-state index in [1.165, 1.54) is 19.3 Å². The van der Waals surface area contributed by atoms with E-state index in [9.17, 15) is 5.11 Å². The number of halogens is 1. The first-order valence-corrected chi connectivity index (χ1v) is 9.28. The van der Waals surface area contributed by atoms with Gasteiger partial charge in [-0.05, 0) is 38.4 Å². The lowest BCUT2D eigenvalue weighted by molar-refractivity contribution is 0.0724. The monoisotopic (exact) mass is 440 g/mol. The van der Waals surface area contributed by atoms with Gasteiger partial charge < -0.3 is 15.7 Å². The second-order valence-corrected chi connectivity index (χ2v) is 7.91. The Kier molecular flexibility index (Phi) is 6.68.